The molecule has 1 amide bonds. The molecule has 0 aliphatic carbocycles. The second kappa shape index (κ2) is 7.51. The van der Waals surface area contributed by atoms with Gasteiger partial charge < -0.3 is 9.47 Å². The summed E-state index contributed by atoms with van der Waals surface area (Å²) in [4.78, 5) is 24.1. The standard InChI is InChI=1S/C21H22ClFN4O/c1-13-11-14(19-20(24-13)27-10-5-3-4-9-18(27)25-19)21(28)26(2)12-15-16(22)7-6-8-17(15)23/h6-8,11H,3-5,9-10,12H2,1-2H3. The van der Waals surface area contributed by atoms with E-state index in [0.29, 0.717) is 21.7 Å². The third-order valence-corrected chi connectivity index (χ3v) is 5.58. The first-order valence-corrected chi connectivity index (χ1v) is 9.88. The summed E-state index contributed by atoms with van der Waals surface area (Å²) in [6.45, 7) is 2.83. The first-order valence-electron chi connectivity index (χ1n) is 9.51. The van der Waals surface area contributed by atoms with Gasteiger partial charge in [0.2, 0.25) is 0 Å². The summed E-state index contributed by atoms with van der Waals surface area (Å²) < 4.78 is 16.3. The highest BCUT2D eigenvalue weighted by molar-refractivity contribution is 6.31. The number of halogens is 2. The highest BCUT2D eigenvalue weighted by atomic mass is 35.5. The van der Waals surface area contributed by atoms with Gasteiger partial charge in [0, 0.05) is 42.8 Å². The van der Waals surface area contributed by atoms with Crippen molar-refractivity contribution in [2.45, 2.75) is 45.7 Å². The molecular formula is C21H22ClFN4O. The van der Waals surface area contributed by atoms with Crippen LogP contribution >= 0.6 is 11.6 Å². The lowest BCUT2D eigenvalue weighted by Crippen LogP contribution is -2.27. The Kier molecular flexibility index (Phi) is 5.06. The van der Waals surface area contributed by atoms with Crippen LogP contribution in [0.4, 0.5) is 4.39 Å². The Labute approximate surface area is 168 Å². The summed E-state index contributed by atoms with van der Waals surface area (Å²) in [7, 11) is 1.65. The highest BCUT2D eigenvalue weighted by Crippen LogP contribution is 2.26. The first-order chi connectivity index (χ1) is 13.5. The summed E-state index contributed by atoms with van der Waals surface area (Å²) in [6.07, 6.45) is 4.25. The summed E-state index contributed by atoms with van der Waals surface area (Å²) in [5, 5.41) is 0.310. The van der Waals surface area contributed by atoms with Gasteiger partial charge in [0.15, 0.2) is 5.65 Å². The molecule has 0 N–H and O–H groups in total. The molecule has 28 heavy (non-hydrogen) atoms. The minimum absolute atomic E-state index is 0.0841. The molecule has 0 unspecified atom stereocenters. The van der Waals surface area contributed by atoms with Crippen molar-refractivity contribution in [3.63, 3.8) is 0 Å². The van der Waals surface area contributed by atoms with E-state index in [2.05, 4.69) is 9.55 Å². The second-order valence-corrected chi connectivity index (χ2v) is 7.74. The molecule has 1 aliphatic rings. The van der Waals surface area contributed by atoms with Gasteiger partial charge in [-0.2, -0.15) is 0 Å². The van der Waals surface area contributed by atoms with Gasteiger partial charge >= 0.3 is 0 Å². The number of hydrogen-bond acceptors (Lipinski definition) is 3. The monoisotopic (exact) mass is 400 g/mol. The Morgan fingerprint density at radius 3 is 2.89 bits per heavy atom. The van der Waals surface area contributed by atoms with Crippen molar-refractivity contribution in [3.8, 4) is 0 Å². The Hall–Kier alpha value is -2.47. The van der Waals surface area contributed by atoms with Gasteiger partial charge in [-0.1, -0.05) is 24.1 Å². The van der Waals surface area contributed by atoms with Gasteiger partial charge in [0.1, 0.15) is 17.2 Å². The third kappa shape index (κ3) is 3.37. The zero-order valence-electron chi connectivity index (χ0n) is 16.0. The Balaban J connectivity index is 1.73. The van der Waals surface area contributed by atoms with Crippen LogP contribution < -0.4 is 0 Å². The van der Waals surface area contributed by atoms with Gasteiger partial charge in [-0.15, -0.1) is 0 Å². The number of hydrogen-bond donors (Lipinski definition) is 0. The molecule has 1 aliphatic heterocycles. The first kappa shape index (κ1) is 18.9. The van der Waals surface area contributed by atoms with Crippen LogP contribution in [-0.2, 0) is 19.5 Å². The SMILES string of the molecule is Cc1cc(C(=O)N(C)Cc2c(F)cccc2Cl)c2nc3n(c2n1)CCCCC3. The number of carbonyl (C=O) groups is 1. The van der Waals surface area contributed by atoms with Gasteiger partial charge in [-0.05, 0) is 38.0 Å². The lowest BCUT2D eigenvalue weighted by molar-refractivity contribution is 0.0785. The second-order valence-electron chi connectivity index (χ2n) is 7.34. The summed E-state index contributed by atoms with van der Waals surface area (Å²) in [5.74, 6) is 0.347. The van der Waals surface area contributed by atoms with Gasteiger partial charge in [-0.3, -0.25) is 4.79 Å². The molecule has 0 saturated carbocycles. The largest absolute Gasteiger partial charge is 0.337 e. The van der Waals surface area contributed by atoms with E-state index in [9.17, 15) is 9.18 Å². The smallest absolute Gasteiger partial charge is 0.256 e. The van der Waals surface area contributed by atoms with Crippen LogP contribution in [0.5, 0.6) is 0 Å². The Morgan fingerprint density at radius 2 is 2.11 bits per heavy atom. The zero-order chi connectivity index (χ0) is 19.8. The molecule has 0 fully saturated rings. The van der Waals surface area contributed by atoms with E-state index in [4.69, 9.17) is 16.6 Å². The predicted molar refractivity (Wildman–Crippen MR) is 107 cm³/mol. The van der Waals surface area contributed by atoms with Crippen LogP contribution in [0.3, 0.4) is 0 Å². The van der Waals surface area contributed by atoms with Crippen molar-refractivity contribution >= 4 is 28.7 Å². The lowest BCUT2D eigenvalue weighted by Gasteiger charge is -2.19. The molecule has 0 saturated heterocycles. The molecule has 0 spiro atoms. The summed E-state index contributed by atoms with van der Waals surface area (Å²) in [5.41, 5.74) is 2.96. The van der Waals surface area contributed by atoms with Gasteiger partial charge in [0.25, 0.3) is 5.91 Å². The fourth-order valence-corrected chi connectivity index (χ4v) is 4.00. The van der Waals surface area contributed by atoms with E-state index in [1.54, 1.807) is 25.2 Å². The molecule has 1 aromatic carbocycles. The van der Waals surface area contributed by atoms with E-state index in [0.717, 1.165) is 43.0 Å². The fourth-order valence-electron chi connectivity index (χ4n) is 3.78. The minimum atomic E-state index is -0.420. The number of nitrogens with zero attached hydrogens (tertiary/aromatic N) is 4. The average molecular weight is 401 g/mol. The molecule has 146 valence electrons. The number of imidazole rings is 1. The quantitative estimate of drug-likeness (QED) is 0.649. The van der Waals surface area contributed by atoms with Crippen LogP contribution in [0, 0.1) is 12.7 Å². The van der Waals surface area contributed by atoms with Crippen LogP contribution in [0.1, 0.15) is 46.7 Å². The lowest BCUT2D eigenvalue weighted by atomic mass is 10.1. The van der Waals surface area contributed by atoms with Crippen molar-refractivity contribution in [2.75, 3.05) is 7.05 Å². The van der Waals surface area contributed by atoms with E-state index in [1.807, 2.05) is 6.92 Å². The molecule has 7 heteroatoms. The normalized spacial score (nSPS) is 14.0. The van der Waals surface area contributed by atoms with E-state index in [1.165, 1.54) is 17.4 Å². The van der Waals surface area contributed by atoms with E-state index < -0.39 is 5.82 Å². The highest BCUT2D eigenvalue weighted by Gasteiger charge is 2.23. The van der Waals surface area contributed by atoms with E-state index >= 15 is 0 Å². The molecule has 3 heterocycles. The van der Waals surface area contributed by atoms with Crippen LogP contribution in [0.2, 0.25) is 5.02 Å². The number of amides is 1. The number of fused-ring (bicyclic) bond motifs is 3. The maximum atomic E-state index is 14.1. The van der Waals surface area contributed by atoms with Crippen molar-refractivity contribution < 1.29 is 9.18 Å². The fraction of sp³-hybridized carbons (Fsp3) is 0.381. The average Bonchev–Trinajstić information content (AvgIpc) is 2.85. The molecule has 5 nitrogen and oxygen atoms in total. The van der Waals surface area contributed by atoms with Crippen molar-refractivity contribution in [2.24, 2.45) is 0 Å². The maximum Gasteiger partial charge on any atom is 0.256 e. The molecule has 0 radical (unpaired) electrons. The number of aromatic nitrogens is 3. The number of rotatable bonds is 3. The summed E-state index contributed by atoms with van der Waals surface area (Å²) in [6, 6.07) is 6.29. The van der Waals surface area contributed by atoms with Crippen molar-refractivity contribution in [1.29, 1.82) is 0 Å². The van der Waals surface area contributed by atoms with Crippen LogP contribution in [0.25, 0.3) is 11.2 Å². The van der Waals surface area contributed by atoms with Crippen molar-refractivity contribution in [3.05, 3.63) is 57.8 Å². The minimum Gasteiger partial charge on any atom is -0.337 e. The molecule has 3 aromatic rings. The van der Waals surface area contributed by atoms with Gasteiger partial charge in [0.05, 0.1) is 5.56 Å². The number of pyridine rings is 1. The number of carbonyl (C=O) groups excluding carboxylic acids is 1. The number of aryl methyl sites for hydroxylation is 3. The van der Waals surface area contributed by atoms with Crippen molar-refractivity contribution in [1.82, 2.24) is 19.4 Å². The molecule has 0 bridgehead atoms. The molecule has 2 aromatic heterocycles. The Bertz CT molecular complexity index is 1040. The van der Waals surface area contributed by atoms with Gasteiger partial charge in [-0.25, -0.2) is 14.4 Å². The van der Waals surface area contributed by atoms with Crippen LogP contribution in [0.15, 0.2) is 24.3 Å². The molecule has 0 atom stereocenters. The topological polar surface area (TPSA) is 51.0 Å². The molecule has 4 rings (SSSR count). The van der Waals surface area contributed by atoms with Crippen LogP contribution in [-0.4, -0.2) is 32.4 Å². The zero-order valence-corrected chi connectivity index (χ0v) is 16.8. The Morgan fingerprint density at radius 1 is 1.29 bits per heavy atom. The summed E-state index contributed by atoms with van der Waals surface area (Å²) >= 11 is 6.13. The maximum absolute atomic E-state index is 14.1. The molecular weight excluding hydrogens is 379 g/mol. The predicted octanol–water partition coefficient (Wildman–Crippen LogP) is 4.53. The number of benzene rings is 1. The van der Waals surface area contributed by atoms with E-state index in [-0.39, 0.29) is 12.5 Å². The third-order valence-electron chi connectivity index (χ3n) is 5.23.